The fourth-order valence-corrected chi connectivity index (χ4v) is 2.80. The van der Waals surface area contributed by atoms with E-state index < -0.39 is 4.92 Å². The van der Waals surface area contributed by atoms with Gasteiger partial charge in [0.25, 0.3) is 5.69 Å². The maximum Gasteiger partial charge on any atom is 0.271 e. The van der Waals surface area contributed by atoms with Crippen LogP contribution < -0.4 is 19.5 Å². The largest absolute Gasteiger partial charge is 0.496 e. The lowest BCUT2D eigenvalue weighted by Crippen LogP contribution is -2.05. The van der Waals surface area contributed by atoms with Crippen molar-refractivity contribution in [3.63, 3.8) is 0 Å². The summed E-state index contributed by atoms with van der Waals surface area (Å²) in [5.41, 5.74) is 2.09. The SMILES string of the molecule is COc1cc(OC)c(OC)cc1CNc1c(C)cc([N+](=O)[O-])cc1Cl. The first kappa shape index (κ1) is 18.7. The van der Waals surface area contributed by atoms with Crippen LogP contribution in [-0.2, 0) is 6.54 Å². The van der Waals surface area contributed by atoms with Gasteiger partial charge in [-0.2, -0.15) is 0 Å². The monoisotopic (exact) mass is 366 g/mol. The van der Waals surface area contributed by atoms with E-state index in [2.05, 4.69) is 5.32 Å². The summed E-state index contributed by atoms with van der Waals surface area (Å²) in [5.74, 6) is 1.76. The van der Waals surface area contributed by atoms with Crippen molar-refractivity contribution in [3.05, 3.63) is 50.5 Å². The Hall–Kier alpha value is -2.67. The second-order valence-electron chi connectivity index (χ2n) is 5.25. The number of nitro groups is 1. The van der Waals surface area contributed by atoms with Crippen LogP contribution in [0.3, 0.4) is 0 Å². The molecule has 0 atom stereocenters. The lowest BCUT2D eigenvalue weighted by molar-refractivity contribution is -0.384. The molecule has 0 spiro atoms. The standard InChI is InChI=1S/C17H19ClN2O5/c1-10-5-12(20(21)22)7-13(18)17(10)19-9-11-6-15(24-3)16(25-4)8-14(11)23-2/h5-8,19H,9H2,1-4H3. The van der Waals surface area contributed by atoms with Crippen LogP contribution in [0.5, 0.6) is 17.2 Å². The highest BCUT2D eigenvalue weighted by molar-refractivity contribution is 6.33. The molecule has 7 nitrogen and oxygen atoms in total. The third kappa shape index (κ3) is 4.06. The van der Waals surface area contributed by atoms with Gasteiger partial charge in [0.2, 0.25) is 0 Å². The zero-order chi connectivity index (χ0) is 18.6. The lowest BCUT2D eigenvalue weighted by atomic mass is 10.1. The second kappa shape index (κ2) is 7.94. The number of hydrogen-bond acceptors (Lipinski definition) is 6. The zero-order valence-electron chi connectivity index (χ0n) is 14.4. The van der Waals surface area contributed by atoms with E-state index in [4.69, 9.17) is 25.8 Å². The number of non-ortho nitro benzene ring substituents is 1. The quantitative estimate of drug-likeness (QED) is 0.584. The van der Waals surface area contributed by atoms with Gasteiger partial charge in [-0.1, -0.05) is 11.6 Å². The molecule has 0 aliphatic carbocycles. The number of nitrogens with zero attached hydrogens (tertiary/aromatic N) is 1. The molecule has 0 fully saturated rings. The Labute approximate surface area is 150 Å². The molecule has 2 aromatic carbocycles. The summed E-state index contributed by atoms with van der Waals surface area (Å²) in [7, 11) is 4.67. The molecule has 1 N–H and O–H groups in total. The van der Waals surface area contributed by atoms with Crippen molar-refractivity contribution < 1.29 is 19.1 Å². The van der Waals surface area contributed by atoms with Crippen LogP contribution in [0.4, 0.5) is 11.4 Å². The number of ether oxygens (including phenoxy) is 3. The van der Waals surface area contributed by atoms with Crippen LogP contribution in [0.1, 0.15) is 11.1 Å². The molecule has 0 aromatic heterocycles. The Morgan fingerprint density at radius 1 is 1.04 bits per heavy atom. The number of nitrogens with one attached hydrogen (secondary N) is 1. The Morgan fingerprint density at radius 3 is 2.16 bits per heavy atom. The predicted molar refractivity (Wildman–Crippen MR) is 96.3 cm³/mol. The van der Waals surface area contributed by atoms with Crippen molar-refractivity contribution in [3.8, 4) is 17.2 Å². The molecule has 2 rings (SSSR count). The highest BCUT2D eigenvalue weighted by Crippen LogP contribution is 2.36. The summed E-state index contributed by atoms with van der Waals surface area (Å²) >= 11 is 6.18. The summed E-state index contributed by atoms with van der Waals surface area (Å²) in [6.07, 6.45) is 0. The van der Waals surface area contributed by atoms with Gasteiger partial charge >= 0.3 is 0 Å². The normalized spacial score (nSPS) is 10.3. The molecular weight excluding hydrogens is 348 g/mol. The second-order valence-corrected chi connectivity index (χ2v) is 5.66. The van der Waals surface area contributed by atoms with Crippen LogP contribution in [0.25, 0.3) is 0 Å². The first-order valence-electron chi connectivity index (χ1n) is 7.38. The number of halogens is 1. The third-order valence-electron chi connectivity index (χ3n) is 3.73. The highest BCUT2D eigenvalue weighted by Gasteiger charge is 2.15. The van der Waals surface area contributed by atoms with Crippen LogP contribution in [-0.4, -0.2) is 26.3 Å². The summed E-state index contributed by atoms with van der Waals surface area (Å²) in [4.78, 5) is 10.4. The zero-order valence-corrected chi connectivity index (χ0v) is 15.1. The molecule has 0 aliphatic rings. The minimum absolute atomic E-state index is 0.0447. The van der Waals surface area contributed by atoms with Gasteiger partial charge in [-0.15, -0.1) is 0 Å². The van der Waals surface area contributed by atoms with Crippen molar-refractivity contribution in [2.24, 2.45) is 0 Å². The molecule has 0 saturated heterocycles. The molecule has 25 heavy (non-hydrogen) atoms. The third-order valence-corrected chi connectivity index (χ3v) is 4.02. The van der Waals surface area contributed by atoms with Crippen molar-refractivity contribution >= 4 is 23.0 Å². The summed E-state index contributed by atoms with van der Waals surface area (Å²) in [5, 5.41) is 14.4. The van der Waals surface area contributed by atoms with Crippen LogP contribution in [0, 0.1) is 17.0 Å². The number of methoxy groups -OCH3 is 3. The van der Waals surface area contributed by atoms with E-state index in [1.54, 1.807) is 40.4 Å². The van der Waals surface area contributed by atoms with Gasteiger partial charge in [-0.25, -0.2) is 0 Å². The molecule has 0 bridgehead atoms. The molecule has 0 aliphatic heterocycles. The van der Waals surface area contributed by atoms with E-state index in [-0.39, 0.29) is 10.7 Å². The Bertz CT molecular complexity index is 772. The maximum atomic E-state index is 10.9. The number of nitro benzene ring substituents is 1. The van der Waals surface area contributed by atoms with Gasteiger partial charge in [-0.05, 0) is 18.6 Å². The van der Waals surface area contributed by atoms with E-state index >= 15 is 0 Å². The molecule has 134 valence electrons. The fourth-order valence-electron chi connectivity index (χ4n) is 2.47. The van der Waals surface area contributed by atoms with E-state index in [0.717, 1.165) is 5.56 Å². The average Bonchev–Trinajstić information content (AvgIpc) is 2.59. The highest BCUT2D eigenvalue weighted by atomic mass is 35.5. The van der Waals surface area contributed by atoms with E-state index in [0.29, 0.717) is 35.0 Å². The van der Waals surface area contributed by atoms with E-state index in [9.17, 15) is 10.1 Å². The molecule has 0 heterocycles. The number of hydrogen-bond donors (Lipinski definition) is 1. The molecule has 0 amide bonds. The molecule has 0 unspecified atom stereocenters. The van der Waals surface area contributed by atoms with Gasteiger partial charge in [0.15, 0.2) is 11.5 Å². The summed E-state index contributed by atoms with van der Waals surface area (Å²) < 4.78 is 16.0. The van der Waals surface area contributed by atoms with Gasteiger partial charge < -0.3 is 19.5 Å². The van der Waals surface area contributed by atoms with Crippen LogP contribution in [0.15, 0.2) is 24.3 Å². The minimum Gasteiger partial charge on any atom is -0.496 e. The van der Waals surface area contributed by atoms with Crippen molar-refractivity contribution in [2.45, 2.75) is 13.5 Å². The molecule has 2 aromatic rings. The van der Waals surface area contributed by atoms with Gasteiger partial charge in [0.1, 0.15) is 5.75 Å². The fraction of sp³-hybridized carbons (Fsp3) is 0.294. The first-order valence-corrected chi connectivity index (χ1v) is 7.76. The Kier molecular flexibility index (Phi) is 5.93. The number of benzene rings is 2. The lowest BCUT2D eigenvalue weighted by Gasteiger charge is -2.16. The predicted octanol–water partition coefficient (Wildman–Crippen LogP) is 4.19. The number of aryl methyl sites for hydroxylation is 1. The Morgan fingerprint density at radius 2 is 1.64 bits per heavy atom. The molecular formula is C17H19ClN2O5. The van der Waals surface area contributed by atoms with Gasteiger partial charge in [-0.3, -0.25) is 10.1 Å². The smallest absolute Gasteiger partial charge is 0.271 e. The van der Waals surface area contributed by atoms with Crippen molar-refractivity contribution in [2.75, 3.05) is 26.6 Å². The van der Waals surface area contributed by atoms with Crippen LogP contribution in [0.2, 0.25) is 5.02 Å². The van der Waals surface area contributed by atoms with Crippen molar-refractivity contribution in [1.29, 1.82) is 0 Å². The molecule has 0 saturated carbocycles. The average molecular weight is 367 g/mol. The van der Waals surface area contributed by atoms with Crippen LogP contribution >= 0.6 is 11.6 Å². The minimum atomic E-state index is -0.472. The maximum absolute atomic E-state index is 10.9. The van der Waals surface area contributed by atoms with Crippen molar-refractivity contribution in [1.82, 2.24) is 0 Å². The van der Waals surface area contributed by atoms with E-state index in [1.165, 1.54) is 12.1 Å². The number of anilines is 1. The summed E-state index contributed by atoms with van der Waals surface area (Å²) in [6, 6.07) is 6.34. The van der Waals surface area contributed by atoms with Gasteiger partial charge in [0.05, 0.1) is 37.0 Å². The van der Waals surface area contributed by atoms with E-state index in [1.807, 2.05) is 0 Å². The number of rotatable bonds is 7. The van der Waals surface area contributed by atoms with Gasteiger partial charge in [0, 0.05) is 30.3 Å². The molecule has 8 heteroatoms. The summed E-state index contributed by atoms with van der Waals surface area (Å²) in [6.45, 7) is 2.15. The topological polar surface area (TPSA) is 82.9 Å². The Balaban J connectivity index is 2.31. The first-order chi connectivity index (χ1) is 11.9. The molecule has 0 radical (unpaired) electrons.